The van der Waals surface area contributed by atoms with Gasteiger partial charge in [-0.05, 0) is 58.1 Å². The third-order valence-electron chi connectivity index (χ3n) is 6.36. The first-order valence-electron chi connectivity index (χ1n) is 10.5. The van der Waals surface area contributed by atoms with Crippen LogP contribution in [-0.2, 0) is 0 Å². The molecule has 1 aromatic carbocycles. The van der Waals surface area contributed by atoms with Crippen LogP contribution in [0.5, 0.6) is 5.75 Å². The Morgan fingerprint density at radius 2 is 1.93 bits per heavy atom. The molecule has 0 unspecified atom stereocenters. The van der Waals surface area contributed by atoms with Gasteiger partial charge in [-0.25, -0.2) is 0 Å². The summed E-state index contributed by atoms with van der Waals surface area (Å²) >= 11 is 0. The Balaban J connectivity index is 1.75. The average Bonchev–Trinajstić information content (AvgIpc) is 2.85. The van der Waals surface area contributed by atoms with Crippen LogP contribution in [-0.4, -0.2) is 23.3 Å². The second-order valence-electron chi connectivity index (χ2n) is 8.45. The molecule has 1 aromatic heterocycles. The predicted octanol–water partition coefficient (Wildman–Crippen LogP) is 5.33. The lowest BCUT2D eigenvalue weighted by molar-refractivity contribution is 0.0301. The molecule has 2 heterocycles. The number of fused-ring (bicyclic) bond motifs is 3. The van der Waals surface area contributed by atoms with E-state index in [9.17, 15) is 9.59 Å². The standard InChI is InChI=1S/C23H29NO4/c1-4-14(2)24-22(26)21-15(3)19-17(27-21)9-10-18-20(19)16(25)13-23(28-18)11-7-5-6-8-12-23/h9-10,14H,4-8,11-13H2,1-3H3,(H,24,26)/t14-/m0/s1. The molecule has 1 aliphatic heterocycles. The van der Waals surface area contributed by atoms with Crippen LogP contribution in [0.2, 0.25) is 0 Å². The fourth-order valence-electron chi connectivity index (χ4n) is 4.59. The molecule has 2 aromatic rings. The molecule has 0 saturated heterocycles. The first-order chi connectivity index (χ1) is 13.4. The van der Waals surface area contributed by atoms with Gasteiger partial charge < -0.3 is 14.5 Å². The van der Waals surface area contributed by atoms with Crippen LogP contribution in [0, 0.1) is 6.92 Å². The fraction of sp³-hybridized carbons (Fsp3) is 0.565. The van der Waals surface area contributed by atoms with E-state index >= 15 is 0 Å². The third kappa shape index (κ3) is 3.21. The van der Waals surface area contributed by atoms with Crippen molar-refractivity contribution in [2.45, 2.75) is 83.8 Å². The molecule has 1 fully saturated rings. The summed E-state index contributed by atoms with van der Waals surface area (Å²) in [5, 5.41) is 3.67. The number of Topliss-reactive ketones (excluding diaryl/α,β-unsaturated/α-hetero) is 1. The summed E-state index contributed by atoms with van der Waals surface area (Å²) < 4.78 is 12.3. The van der Waals surface area contributed by atoms with E-state index < -0.39 is 0 Å². The summed E-state index contributed by atoms with van der Waals surface area (Å²) in [7, 11) is 0. The lowest BCUT2D eigenvalue weighted by atomic mass is 9.83. The molecule has 5 nitrogen and oxygen atoms in total. The molecule has 0 bridgehead atoms. The van der Waals surface area contributed by atoms with Crippen molar-refractivity contribution in [3.05, 3.63) is 29.0 Å². The molecule has 4 rings (SSSR count). The largest absolute Gasteiger partial charge is 0.486 e. The van der Waals surface area contributed by atoms with E-state index in [1.807, 2.05) is 32.9 Å². The van der Waals surface area contributed by atoms with E-state index in [2.05, 4.69) is 5.32 Å². The van der Waals surface area contributed by atoms with E-state index in [4.69, 9.17) is 9.15 Å². The maximum absolute atomic E-state index is 13.2. The van der Waals surface area contributed by atoms with E-state index in [1.54, 1.807) is 0 Å². The minimum atomic E-state index is -0.358. The first kappa shape index (κ1) is 19.0. The Hall–Kier alpha value is -2.30. The van der Waals surface area contributed by atoms with Crippen LogP contribution in [0.1, 0.15) is 91.7 Å². The normalized spacial score (nSPS) is 19.8. The Morgan fingerprint density at radius 3 is 2.61 bits per heavy atom. The minimum Gasteiger partial charge on any atom is -0.486 e. The number of rotatable bonds is 3. The second-order valence-corrected chi connectivity index (χ2v) is 8.45. The van der Waals surface area contributed by atoms with Gasteiger partial charge in [0.2, 0.25) is 0 Å². The number of carbonyl (C=O) groups is 2. The lowest BCUT2D eigenvalue weighted by Gasteiger charge is -2.37. The van der Waals surface area contributed by atoms with Gasteiger partial charge in [-0.1, -0.05) is 19.8 Å². The van der Waals surface area contributed by atoms with Crippen molar-refractivity contribution < 1.29 is 18.7 Å². The van der Waals surface area contributed by atoms with Crippen LogP contribution in [0.4, 0.5) is 0 Å². The van der Waals surface area contributed by atoms with Gasteiger partial charge in [-0.2, -0.15) is 0 Å². The molecule has 1 aliphatic carbocycles. The molecule has 1 amide bonds. The van der Waals surface area contributed by atoms with Gasteiger partial charge >= 0.3 is 0 Å². The highest BCUT2D eigenvalue weighted by atomic mass is 16.5. The van der Waals surface area contributed by atoms with E-state index in [1.165, 1.54) is 12.8 Å². The molecule has 1 atom stereocenters. The Bertz CT molecular complexity index is 918. The van der Waals surface area contributed by atoms with Gasteiger partial charge in [0.05, 0.1) is 12.0 Å². The van der Waals surface area contributed by atoms with Crippen molar-refractivity contribution in [2.75, 3.05) is 0 Å². The molecule has 5 heteroatoms. The van der Waals surface area contributed by atoms with Gasteiger partial charge in [0.1, 0.15) is 16.9 Å². The molecule has 28 heavy (non-hydrogen) atoms. The summed E-state index contributed by atoms with van der Waals surface area (Å²) in [6, 6.07) is 3.72. The highest BCUT2D eigenvalue weighted by Gasteiger charge is 2.42. The molecular formula is C23H29NO4. The van der Waals surface area contributed by atoms with Crippen LogP contribution in [0.25, 0.3) is 11.0 Å². The maximum atomic E-state index is 13.2. The minimum absolute atomic E-state index is 0.0640. The van der Waals surface area contributed by atoms with Crippen LogP contribution in [0.15, 0.2) is 16.5 Å². The topological polar surface area (TPSA) is 68.5 Å². The van der Waals surface area contributed by atoms with Gasteiger partial charge in [-0.3, -0.25) is 9.59 Å². The summed E-state index contributed by atoms with van der Waals surface area (Å²) in [5.74, 6) is 0.794. The maximum Gasteiger partial charge on any atom is 0.287 e. The molecule has 1 spiro atoms. The number of amides is 1. The smallest absolute Gasteiger partial charge is 0.287 e. The predicted molar refractivity (Wildman–Crippen MR) is 108 cm³/mol. The first-order valence-corrected chi connectivity index (χ1v) is 10.5. The number of ketones is 1. The van der Waals surface area contributed by atoms with Gasteiger partial charge in [-0.15, -0.1) is 0 Å². The number of hydrogen-bond donors (Lipinski definition) is 1. The summed E-state index contributed by atoms with van der Waals surface area (Å²) in [5.41, 5.74) is 1.50. The molecule has 2 aliphatic rings. The van der Waals surface area contributed by atoms with Crippen LogP contribution < -0.4 is 10.1 Å². The second kappa shape index (κ2) is 7.26. The van der Waals surface area contributed by atoms with Gasteiger partial charge in [0, 0.05) is 17.0 Å². The highest BCUT2D eigenvalue weighted by Crippen LogP contribution is 2.44. The molecule has 1 saturated carbocycles. The molecular weight excluding hydrogens is 354 g/mol. The van der Waals surface area contributed by atoms with Crippen molar-refractivity contribution >= 4 is 22.7 Å². The SMILES string of the molecule is CC[C@H](C)NC(=O)c1oc2ccc3c(c2c1C)C(=O)CC1(CCCCCC1)O3. The summed E-state index contributed by atoms with van der Waals surface area (Å²) in [4.78, 5) is 25.8. The molecule has 0 radical (unpaired) electrons. The Kier molecular flexibility index (Phi) is 4.94. The zero-order valence-electron chi connectivity index (χ0n) is 17.0. The highest BCUT2D eigenvalue weighted by molar-refractivity contribution is 6.13. The number of ether oxygens (including phenoxy) is 1. The van der Waals surface area contributed by atoms with E-state index in [0.29, 0.717) is 28.9 Å². The van der Waals surface area contributed by atoms with Crippen molar-refractivity contribution in [3.63, 3.8) is 0 Å². The number of carbonyl (C=O) groups excluding carboxylic acids is 2. The Labute approximate surface area is 165 Å². The van der Waals surface area contributed by atoms with Crippen LogP contribution in [0.3, 0.4) is 0 Å². The number of hydrogen-bond acceptors (Lipinski definition) is 4. The number of benzene rings is 1. The number of nitrogens with one attached hydrogen (secondary N) is 1. The van der Waals surface area contributed by atoms with Gasteiger partial charge in [0.25, 0.3) is 5.91 Å². The van der Waals surface area contributed by atoms with Gasteiger partial charge in [0.15, 0.2) is 11.5 Å². The summed E-state index contributed by atoms with van der Waals surface area (Å²) in [6.07, 6.45) is 7.76. The quantitative estimate of drug-likeness (QED) is 0.778. The summed E-state index contributed by atoms with van der Waals surface area (Å²) in [6.45, 7) is 5.83. The zero-order valence-corrected chi connectivity index (χ0v) is 17.0. The third-order valence-corrected chi connectivity index (χ3v) is 6.36. The molecule has 150 valence electrons. The van der Waals surface area contributed by atoms with Crippen molar-refractivity contribution in [3.8, 4) is 5.75 Å². The van der Waals surface area contributed by atoms with E-state index in [-0.39, 0.29) is 29.1 Å². The fourth-order valence-corrected chi connectivity index (χ4v) is 4.59. The Morgan fingerprint density at radius 1 is 1.21 bits per heavy atom. The van der Waals surface area contributed by atoms with Crippen LogP contribution >= 0.6 is 0 Å². The number of aryl methyl sites for hydroxylation is 1. The zero-order chi connectivity index (χ0) is 19.9. The monoisotopic (exact) mass is 383 g/mol. The molecule has 1 N–H and O–H groups in total. The van der Waals surface area contributed by atoms with Crippen molar-refractivity contribution in [1.29, 1.82) is 0 Å². The number of furan rings is 1. The van der Waals surface area contributed by atoms with Crippen molar-refractivity contribution in [1.82, 2.24) is 5.32 Å². The van der Waals surface area contributed by atoms with Crippen molar-refractivity contribution in [2.24, 2.45) is 0 Å². The van der Waals surface area contributed by atoms with E-state index in [0.717, 1.165) is 37.5 Å². The lowest BCUT2D eigenvalue weighted by Crippen LogP contribution is -2.41. The average molecular weight is 383 g/mol.